The van der Waals surface area contributed by atoms with Gasteiger partial charge in [-0.1, -0.05) is 0 Å². The molecule has 0 aliphatic carbocycles. The molecule has 0 aromatic heterocycles. The van der Waals surface area contributed by atoms with E-state index in [1.807, 2.05) is 6.92 Å². The van der Waals surface area contributed by atoms with E-state index in [4.69, 9.17) is 5.00 Å². The Morgan fingerprint density at radius 1 is 1.83 bits per heavy atom. The van der Waals surface area contributed by atoms with Gasteiger partial charge in [0.2, 0.25) is 0 Å². The van der Waals surface area contributed by atoms with Crippen molar-refractivity contribution in [2.45, 2.75) is 13.3 Å². The van der Waals surface area contributed by atoms with Gasteiger partial charge in [0.15, 0.2) is 0 Å². The maximum atomic E-state index is 7.95. The molecule has 0 aromatic rings. The van der Waals surface area contributed by atoms with Crippen molar-refractivity contribution in [1.29, 1.82) is 5.00 Å². The van der Waals surface area contributed by atoms with E-state index in [9.17, 15) is 0 Å². The van der Waals surface area contributed by atoms with Crippen LogP contribution in [0.25, 0.3) is 0 Å². The van der Waals surface area contributed by atoms with Crippen LogP contribution in [0.1, 0.15) is 13.3 Å². The molecule has 0 atom stereocenters. The number of hydrogen-bond donors (Lipinski definition) is 0. The van der Waals surface area contributed by atoms with Gasteiger partial charge in [-0.3, -0.25) is 0 Å². The van der Waals surface area contributed by atoms with E-state index in [1.54, 1.807) is 0 Å². The second-order valence-electron chi connectivity index (χ2n) is 0.915. The molecular weight excluding hydrogens is 97.0 g/mol. The summed E-state index contributed by atoms with van der Waals surface area (Å²) in [5.41, 5.74) is 0. The van der Waals surface area contributed by atoms with Crippen LogP contribution in [-0.4, -0.2) is 6.61 Å². The predicted octanol–water partition coefficient (Wildman–Crippen LogP) is 1.75. The van der Waals surface area contributed by atoms with Crippen molar-refractivity contribution >= 4 is 8.44 Å². The van der Waals surface area contributed by atoms with E-state index in [-0.39, 0.29) is 8.44 Å². The van der Waals surface area contributed by atoms with Crippen molar-refractivity contribution in [2.24, 2.45) is 0 Å². The molecular formula is C3H7NOP+. The Morgan fingerprint density at radius 3 is 2.67 bits per heavy atom. The number of rotatable bonds is 2. The Morgan fingerprint density at radius 2 is 2.50 bits per heavy atom. The van der Waals surface area contributed by atoms with Crippen LogP contribution < -0.4 is 0 Å². The molecule has 0 heterocycles. The molecule has 0 aromatic carbocycles. The van der Waals surface area contributed by atoms with E-state index in [1.165, 1.54) is 0 Å². The van der Waals surface area contributed by atoms with Crippen LogP contribution in [0.15, 0.2) is 0 Å². The third kappa shape index (κ3) is 4.10. The molecule has 0 unspecified atom stereocenters. The summed E-state index contributed by atoms with van der Waals surface area (Å²) in [6, 6.07) is 0. The van der Waals surface area contributed by atoms with Crippen LogP contribution in [-0.2, 0) is 4.52 Å². The van der Waals surface area contributed by atoms with Crippen LogP contribution in [0.3, 0.4) is 0 Å². The van der Waals surface area contributed by atoms with Crippen LogP contribution in [0, 0.1) is 5.00 Å². The van der Waals surface area contributed by atoms with Gasteiger partial charge in [0, 0.05) is 0 Å². The Balaban J connectivity index is 2.54. The molecule has 0 radical (unpaired) electrons. The van der Waals surface area contributed by atoms with Gasteiger partial charge in [0.1, 0.15) is 0 Å². The molecule has 0 bridgehead atoms. The number of nitrogens with zero attached hydrogens (tertiary/aromatic N) is 1. The van der Waals surface area contributed by atoms with E-state index in [2.05, 4.69) is 4.52 Å². The SMILES string of the molecule is CCCO[P+]#N. The summed E-state index contributed by atoms with van der Waals surface area (Å²) in [4.78, 5) is 0. The second kappa shape index (κ2) is 5.10. The topological polar surface area (TPSA) is 33.0 Å². The molecule has 0 aliphatic heterocycles. The minimum absolute atomic E-state index is 0.0454. The van der Waals surface area contributed by atoms with Gasteiger partial charge < -0.3 is 0 Å². The van der Waals surface area contributed by atoms with E-state index < -0.39 is 0 Å². The Kier molecular flexibility index (Phi) is 5.18. The summed E-state index contributed by atoms with van der Waals surface area (Å²) in [7, 11) is 0.0454. The summed E-state index contributed by atoms with van der Waals surface area (Å²) < 4.78 is 4.51. The molecule has 2 nitrogen and oxygen atoms in total. The molecule has 0 N–H and O–H groups in total. The summed E-state index contributed by atoms with van der Waals surface area (Å²) >= 11 is 0. The summed E-state index contributed by atoms with van der Waals surface area (Å²) in [5.74, 6) is 0. The van der Waals surface area contributed by atoms with E-state index in [0.717, 1.165) is 6.42 Å². The average Bonchev–Trinajstić information content (AvgIpc) is 1.61. The fourth-order valence-corrected chi connectivity index (χ4v) is 0.396. The molecule has 6 heavy (non-hydrogen) atoms. The van der Waals surface area contributed by atoms with Crippen molar-refractivity contribution in [3.63, 3.8) is 0 Å². The zero-order valence-electron chi connectivity index (χ0n) is 3.72. The quantitative estimate of drug-likeness (QED) is 0.395. The fraction of sp³-hybridized carbons (Fsp3) is 1.00. The van der Waals surface area contributed by atoms with Crippen LogP contribution in [0.5, 0.6) is 0 Å². The number of hydrogen-bond acceptors (Lipinski definition) is 2. The van der Waals surface area contributed by atoms with Crippen molar-refractivity contribution in [2.75, 3.05) is 6.61 Å². The fourth-order valence-electron chi connectivity index (χ4n) is 0.132. The normalized spacial score (nSPS) is 8.00. The average molecular weight is 104 g/mol. The molecule has 0 rings (SSSR count). The Bertz CT molecular complexity index is 58.3. The first-order valence-electron chi connectivity index (χ1n) is 1.88. The predicted molar refractivity (Wildman–Crippen MR) is 24.9 cm³/mol. The summed E-state index contributed by atoms with van der Waals surface area (Å²) in [6.45, 7) is 2.64. The Labute approximate surface area is 39.0 Å². The zero-order chi connectivity index (χ0) is 4.83. The molecule has 0 saturated heterocycles. The third-order valence-electron chi connectivity index (χ3n) is 0.353. The van der Waals surface area contributed by atoms with Gasteiger partial charge in [-0.2, -0.15) is 0 Å². The molecule has 0 spiro atoms. The zero-order valence-corrected chi connectivity index (χ0v) is 4.61. The van der Waals surface area contributed by atoms with Crippen LogP contribution in [0.2, 0.25) is 0 Å². The van der Waals surface area contributed by atoms with Gasteiger partial charge >= 0.3 is 37.9 Å². The minimum atomic E-state index is 0.0454. The van der Waals surface area contributed by atoms with E-state index in [0.29, 0.717) is 6.61 Å². The first-order chi connectivity index (χ1) is 2.91. The molecule has 0 amide bonds. The Hall–Kier alpha value is 0.100. The molecule has 0 aliphatic rings. The molecule has 34 valence electrons. The second-order valence-corrected chi connectivity index (χ2v) is 1.34. The van der Waals surface area contributed by atoms with Crippen molar-refractivity contribution in [1.82, 2.24) is 0 Å². The van der Waals surface area contributed by atoms with Crippen LogP contribution >= 0.6 is 8.44 Å². The van der Waals surface area contributed by atoms with Gasteiger partial charge in [0.05, 0.1) is 0 Å². The first-order valence-corrected chi connectivity index (χ1v) is 2.64. The van der Waals surface area contributed by atoms with Gasteiger partial charge in [-0.25, -0.2) is 0 Å². The van der Waals surface area contributed by atoms with Gasteiger partial charge in [-0.05, 0) is 0 Å². The van der Waals surface area contributed by atoms with Crippen molar-refractivity contribution < 1.29 is 4.52 Å². The maximum absolute atomic E-state index is 7.95. The standard InChI is InChI=1S/C3H7NOP/c1-2-3-5-6-4/h2-3H2,1H3/q+1. The first kappa shape index (κ1) is 6.10. The van der Waals surface area contributed by atoms with Crippen molar-refractivity contribution in [3.05, 3.63) is 0 Å². The third-order valence-corrected chi connectivity index (χ3v) is 0.651. The van der Waals surface area contributed by atoms with E-state index >= 15 is 0 Å². The monoisotopic (exact) mass is 104 g/mol. The van der Waals surface area contributed by atoms with Gasteiger partial charge in [-0.15, -0.1) is 0 Å². The molecule has 0 fully saturated rings. The van der Waals surface area contributed by atoms with Gasteiger partial charge in [0.25, 0.3) is 0 Å². The van der Waals surface area contributed by atoms with Crippen LogP contribution in [0.4, 0.5) is 0 Å². The van der Waals surface area contributed by atoms with Crippen molar-refractivity contribution in [3.8, 4) is 0 Å². The summed E-state index contributed by atoms with van der Waals surface area (Å²) in [6.07, 6.45) is 0.966. The molecule has 0 saturated carbocycles. The summed E-state index contributed by atoms with van der Waals surface area (Å²) in [5, 5.41) is 7.95. The molecule has 3 heteroatoms.